The molecule has 0 aromatic heterocycles. The minimum Gasteiger partial charge on any atom is -0.479 e. The molecule has 0 heterocycles. The number of carboxylic acid groups (broad SMARTS) is 2. The van der Waals surface area contributed by atoms with Gasteiger partial charge in [-0.05, 0) is 12.5 Å². The Morgan fingerprint density at radius 3 is 1.95 bits per heavy atom. The van der Waals surface area contributed by atoms with Gasteiger partial charge < -0.3 is 20.4 Å². The summed E-state index contributed by atoms with van der Waals surface area (Å²) in [6.45, 7) is -0.144. The van der Waals surface area contributed by atoms with Gasteiger partial charge in [0.25, 0.3) is 0 Å². The number of halogens is 1. The highest BCUT2D eigenvalue weighted by Crippen LogP contribution is 2.21. The summed E-state index contributed by atoms with van der Waals surface area (Å²) in [5.41, 5.74) is -2.37. The first-order valence-corrected chi connectivity index (χ1v) is 5.23. The largest absolute Gasteiger partial charge is 0.479 e. The van der Waals surface area contributed by atoms with E-state index in [9.17, 15) is 19.1 Å². The zero-order valence-corrected chi connectivity index (χ0v) is 10.2. The van der Waals surface area contributed by atoms with Crippen molar-refractivity contribution in [3.63, 3.8) is 0 Å². The molecular weight excluding hydrogens is 259 g/mol. The third kappa shape index (κ3) is 5.02. The fourth-order valence-corrected chi connectivity index (χ4v) is 0.972. The Morgan fingerprint density at radius 2 is 1.68 bits per heavy atom. The van der Waals surface area contributed by atoms with E-state index >= 15 is 0 Å². The number of aliphatic hydroxyl groups excluding tert-OH is 1. The van der Waals surface area contributed by atoms with Crippen molar-refractivity contribution in [3.8, 4) is 0 Å². The molecule has 7 heteroatoms. The standard InChI is InChI=1S/C9H9FO3.C3H6O3/c10-6-9(13,8(11)12)7-4-2-1-3-5-7;1-2(4)3(5)6/h1-5,13H,6H2,(H,11,12);2,4H,1H3,(H,5,6). The first-order chi connectivity index (χ1) is 8.75. The number of hydrogen-bond acceptors (Lipinski definition) is 4. The van der Waals surface area contributed by atoms with Crippen LogP contribution < -0.4 is 0 Å². The zero-order valence-electron chi connectivity index (χ0n) is 10.2. The van der Waals surface area contributed by atoms with Gasteiger partial charge in [0.2, 0.25) is 5.60 Å². The van der Waals surface area contributed by atoms with Crippen LogP contribution in [0, 0.1) is 0 Å². The molecule has 4 N–H and O–H groups in total. The number of alkyl halides is 1. The summed E-state index contributed by atoms with van der Waals surface area (Å²) in [5.74, 6) is -2.77. The Bertz CT molecular complexity index is 419. The van der Waals surface area contributed by atoms with Crippen molar-refractivity contribution < 1.29 is 34.4 Å². The monoisotopic (exact) mass is 274 g/mol. The third-order valence-electron chi connectivity index (χ3n) is 2.16. The van der Waals surface area contributed by atoms with Gasteiger partial charge in [-0.15, -0.1) is 0 Å². The summed E-state index contributed by atoms with van der Waals surface area (Å²) in [6.07, 6.45) is -1.23. The lowest BCUT2D eigenvalue weighted by Gasteiger charge is -2.19. The van der Waals surface area contributed by atoms with E-state index in [-0.39, 0.29) is 5.56 Å². The van der Waals surface area contributed by atoms with Gasteiger partial charge in [-0.1, -0.05) is 30.3 Å². The van der Waals surface area contributed by atoms with E-state index in [0.717, 1.165) is 0 Å². The first kappa shape index (κ1) is 17.0. The summed E-state index contributed by atoms with van der Waals surface area (Å²) in [7, 11) is 0. The molecule has 106 valence electrons. The van der Waals surface area contributed by atoms with Crippen LogP contribution in [0.1, 0.15) is 12.5 Å². The number of rotatable bonds is 4. The lowest BCUT2D eigenvalue weighted by Crippen LogP contribution is -2.37. The van der Waals surface area contributed by atoms with Crippen molar-refractivity contribution in [2.24, 2.45) is 0 Å². The number of hydrogen-bond donors (Lipinski definition) is 4. The van der Waals surface area contributed by atoms with Crippen LogP contribution in [0.4, 0.5) is 4.39 Å². The normalized spacial score (nSPS) is 14.5. The minimum absolute atomic E-state index is 0.0463. The van der Waals surface area contributed by atoms with Crippen molar-refractivity contribution >= 4 is 11.9 Å². The van der Waals surface area contributed by atoms with Crippen LogP contribution in [0.5, 0.6) is 0 Å². The van der Waals surface area contributed by atoms with E-state index in [1.165, 1.54) is 19.1 Å². The summed E-state index contributed by atoms with van der Waals surface area (Å²) >= 11 is 0. The second-order valence-electron chi connectivity index (χ2n) is 3.68. The van der Waals surface area contributed by atoms with Crippen LogP contribution in [-0.2, 0) is 15.2 Å². The van der Waals surface area contributed by atoms with Gasteiger partial charge in [-0.2, -0.15) is 0 Å². The summed E-state index contributed by atoms with van der Waals surface area (Å²) in [6, 6.07) is 7.48. The molecule has 6 nitrogen and oxygen atoms in total. The summed E-state index contributed by atoms with van der Waals surface area (Å²) in [4.78, 5) is 20.0. The van der Waals surface area contributed by atoms with Crippen molar-refractivity contribution in [2.45, 2.75) is 18.6 Å². The molecule has 0 radical (unpaired) electrons. The molecule has 0 bridgehead atoms. The third-order valence-corrected chi connectivity index (χ3v) is 2.16. The number of aliphatic carboxylic acids is 2. The van der Waals surface area contributed by atoms with Gasteiger partial charge in [0.15, 0.2) is 0 Å². The smallest absolute Gasteiger partial charge is 0.343 e. The second kappa shape index (κ2) is 7.45. The van der Waals surface area contributed by atoms with Crippen LogP contribution in [-0.4, -0.2) is 45.1 Å². The minimum atomic E-state index is -2.42. The SMILES string of the molecule is CC(O)C(=O)O.O=C(O)C(O)(CF)c1ccccc1. The Labute approximate surface area is 108 Å². The van der Waals surface area contributed by atoms with E-state index < -0.39 is 30.3 Å². The molecule has 1 aromatic rings. The van der Waals surface area contributed by atoms with E-state index in [0.29, 0.717) is 0 Å². The van der Waals surface area contributed by atoms with E-state index in [2.05, 4.69) is 0 Å². The van der Waals surface area contributed by atoms with Gasteiger partial charge in [0.1, 0.15) is 12.8 Å². The van der Waals surface area contributed by atoms with Gasteiger partial charge >= 0.3 is 11.9 Å². The van der Waals surface area contributed by atoms with Crippen molar-refractivity contribution in [2.75, 3.05) is 6.67 Å². The molecule has 1 rings (SSSR count). The molecule has 0 saturated carbocycles. The van der Waals surface area contributed by atoms with Gasteiger partial charge in [0.05, 0.1) is 0 Å². The van der Waals surface area contributed by atoms with Crippen molar-refractivity contribution in [1.82, 2.24) is 0 Å². The van der Waals surface area contributed by atoms with Crippen LogP contribution in [0.25, 0.3) is 0 Å². The number of benzene rings is 1. The maximum atomic E-state index is 12.3. The zero-order chi connectivity index (χ0) is 15.1. The fraction of sp³-hybridized carbons (Fsp3) is 0.333. The number of carboxylic acids is 2. The topological polar surface area (TPSA) is 115 Å². The highest BCUT2D eigenvalue weighted by molar-refractivity contribution is 5.79. The van der Waals surface area contributed by atoms with Crippen molar-refractivity contribution in [3.05, 3.63) is 35.9 Å². The molecule has 19 heavy (non-hydrogen) atoms. The van der Waals surface area contributed by atoms with Crippen LogP contribution >= 0.6 is 0 Å². The highest BCUT2D eigenvalue weighted by atomic mass is 19.1. The van der Waals surface area contributed by atoms with E-state index in [4.69, 9.17) is 15.3 Å². The first-order valence-electron chi connectivity index (χ1n) is 5.23. The predicted octanol–water partition coefficient (Wildman–Crippen LogP) is 0.380. The molecule has 2 unspecified atom stereocenters. The van der Waals surface area contributed by atoms with Crippen LogP contribution in [0.2, 0.25) is 0 Å². The Hall–Kier alpha value is -1.99. The molecule has 2 atom stereocenters. The number of carbonyl (C=O) groups is 2. The molecule has 0 aliphatic rings. The second-order valence-corrected chi connectivity index (χ2v) is 3.68. The van der Waals surface area contributed by atoms with Crippen LogP contribution in [0.3, 0.4) is 0 Å². The van der Waals surface area contributed by atoms with Gasteiger partial charge in [-0.25, -0.2) is 14.0 Å². The average Bonchev–Trinajstić information content (AvgIpc) is 2.39. The summed E-state index contributed by atoms with van der Waals surface area (Å²) < 4.78 is 12.3. The van der Waals surface area contributed by atoms with E-state index in [1.807, 2.05) is 0 Å². The van der Waals surface area contributed by atoms with Gasteiger partial charge in [-0.3, -0.25) is 0 Å². The molecule has 0 aliphatic heterocycles. The van der Waals surface area contributed by atoms with Crippen molar-refractivity contribution in [1.29, 1.82) is 0 Å². The molecule has 0 saturated heterocycles. The quantitative estimate of drug-likeness (QED) is 0.631. The molecule has 0 aliphatic carbocycles. The van der Waals surface area contributed by atoms with E-state index in [1.54, 1.807) is 18.2 Å². The maximum absolute atomic E-state index is 12.3. The Kier molecular flexibility index (Phi) is 6.67. The molecule has 1 aromatic carbocycles. The maximum Gasteiger partial charge on any atom is 0.343 e. The average molecular weight is 274 g/mol. The van der Waals surface area contributed by atoms with Gasteiger partial charge in [0, 0.05) is 0 Å². The number of aliphatic hydroxyl groups is 2. The summed E-state index contributed by atoms with van der Waals surface area (Å²) in [5, 5.41) is 33.8. The Morgan fingerprint density at radius 1 is 1.26 bits per heavy atom. The lowest BCUT2D eigenvalue weighted by atomic mass is 9.96. The van der Waals surface area contributed by atoms with Crippen LogP contribution in [0.15, 0.2) is 30.3 Å². The highest BCUT2D eigenvalue weighted by Gasteiger charge is 2.38. The predicted molar refractivity (Wildman–Crippen MR) is 63.3 cm³/mol. The lowest BCUT2D eigenvalue weighted by molar-refractivity contribution is -0.161. The molecule has 0 spiro atoms. The fourth-order valence-electron chi connectivity index (χ4n) is 0.972. The Balaban J connectivity index is 0.000000459. The molecule has 0 amide bonds. The molecular formula is C12H15FO6. The molecule has 0 fully saturated rings.